The molecule has 0 saturated carbocycles. The number of benzene rings is 1. The minimum atomic E-state index is -0.340. The van der Waals surface area contributed by atoms with Gasteiger partial charge in [-0.3, -0.25) is 0 Å². The zero-order valence-electron chi connectivity index (χ0n) is 9.31. The normalized spacial score (nSPS) is 14.9. The van der Waals surface area contributed by atoms with E-state index in [0.29, 0.717) is 13.2 Å². The van der Waals surface area contributed by atoms with Crippen molar-refractivity contribution in [3.05, 3.63) is 35.9 Å². The Balaban J connectivity index is 2.57. The number of nitrogens with one attached hydrogen (secondary N) is 1. The lowest BCUT2D eigenvalue weighted by atomic mass is 10.1. The Kier molecular flexibility index (Phi) is 5.32. The van der Waals surface area contributed by atoms with Gasteiger partial charge in [-0.05, 0) is 12.5 Å². The Morgan fingerprint density at radius 1 is 1.33 bits per heavy atom. The monoisotopic (exact) mass is 209 g/mol. The maximum Gasteiger partial charge on any atom is 0.0657 e. The van der Waals surface area contributed by atoms with Crippen molar-refractivity contribution in [2.75, 3.05) is 20.3 Å². The third kappa shape index (κ3) is 4.42. The largest absolute Gasteiger partial charge is 0.392 e. The van der Waals surface area contributed by atoms with Gasteiger partial charge < -0.3 is 15.2 Å². The molecular weight excluding hydrogens is 190 g/mol. The predicted octanol–water partition coefficient (Wildman–Crippen LogP) is 1.34. The van der Waals surface area contributed by atoms with Crippen LogP contribution in [0.15, 0.2) is 30.3 Å². The van der Waals surface area contributed by atoms with Gasteiger partial charge in [0.05, 0.1) is 18.8 Å². The van der Waals surface area contributed by atoms with Crippen LogP contribution >= 0.6 is 0 Å². The fourth-order valence-electron chi connectivity index (χ4n) is 1.44. The van der Waals surface area contributed by atoms with Crippen LogP contribution in [0, 0.1) is 0 Å². The van der Waals surface area contributed by atoms with E-state index in [-0.39, 0.29) is 12.1 Å². The second kappa shape index (κ2) is 6.56. The van der Waals surface area contributed by atoms with Crippen molar-refractivity contribution >= 4 is 0 Å². The van der Waals surface area contributed by atoms with E-state index in [0.717, 1.165) is 0 Å². The molecule has 0 aliphatic carbocycles. The van der Waals surface area contributed by atoms with Crippen LogP contribution in [0.4, 0.5) is 0 Å². The summed E-state index contributed by atoms with van der Waals surface area (Å²) >= 11 is 0. The van der Waals surface area contributed by atoms with Gasteiger partial charge in [-0.15, -0.1) is 0 Å². The molecule has 0 amide bonds. The first-order valence-electron chi connectivity index (χ1n) is 5.19. The average Bonchev–Trinajstić information content (AvgIpc) is 2.25. The summed E-state index contributed by atoms with van der Waals surface area (Å²) in [6.45, 7) is 2.95. The fourth-order valence-corrected chi connectivity index (χ4v) is 1.44. The zero-order valence-corrected chi connectivity index (χ0v) is 9.31. The van der Waals surface area contributed by atoms with Gasteiger partial charge >= 0.3 is 0 Å². The molecular formula is C12H19NO2. The van der Waals surface area contributed by atoms with Gasteiger partial charge in [0.2, 0.25) is 0 Å². The Bertz CT molecular complexity index is 262. The number of hydrogen-bond donors (Lipinski definition) is 2. The molecule has 0 fully saturated rings. The van der Waals surface area contributed by atoms with Crippen LogP contribution < -0.4 is 5.32 Å². The lowest BCUT2D eigenvalue weighted by Gasteiger charge is -2.19. The quantitative estimate of drug-likeness (QED) is 0.743. The molecule has 0 unspecified atom stereocenters. The van der Waals surface area contributed by atoms with E-state index < -0.39 is 0 Å². The second-order valence-corrected chi connectivity index (χ2v) is 3.68. The van der Waals surface area contributed by atoms with Gasteiger partial charge in [0, 0.05) is 13.7 Å². The average molecular weight is 209 g/mol. The van der Waals surface area contributed by atoms with Crippen LogP contribution in [0.2, 0.25) is 0 Å². The summed E-state index contributed by atoms with van der Waals surface area (Å²) in [5.41, 5.74) is 1.18. The molecule has 1 aromatic carbocycles. The van der Waals surface area contributed by atoms with Crippen molar-refractivity contribution in [2.45, 2.75) is 19.1 Å². The molecule has 0 bridgehead atoms. The highest BCUT2D eigenvalue weighted by Gasteiger charge is 2.10. The predicted molar refractivity (Wildman–Crippen MR) is 60.7 cm³/mol. The van der Waals surface area contributed by atoms with Crippen molar-refractivity contribution in [2.24, 2.45) is 0 Å². The first-order valence-corrected chi connectivity index (χ1v) is 5.19. The van der Waals surface area contributed by atoms with Crippen molar-refractivity contribution < 1.29 is 9.84 Å². The molecule has 0 radical (unpaired) electrons. The van der Waals surface area contributed by atoms with Crippen molar-refractivity contribution in [3.8, 4) is 0 Å². The SMILES string of the molecule is COC[C@H](NC[C@H](C)O)c1ccccc1. The van der Waals surface area contributed by atoms with Crippen LogP contribution in [0.1, 0.15) is 18.5 Å². The molecule has 84 valence electrons. The molecule has 15 heavy (non-hydrogen) atoms. The van der Waals surface area contributed by atoms with Crippen LogP contribution in [-0.4, -0.2) is 31.5 Å². The molecule has 2 N–H and O–H groups in total. The number of aliphatic hydroxyl groups is 1. The molecule has 0 spiro atoms. The van der Waals surface area contributed by atoms with Gasteiger partial charge in [0.15, 0.2) is 0 Å². The Labute approximate surface area is 91.1 Å². The van der Waals surface area contributed by atoms with E-state index in [4.69, 9.17) is 4.74 Å². The lowest BCUT2D eigenvalue weighted by molar-refractivity contribution is 0.146. The minimum absolute atomic E-state index is 0.144. The van der Waals surface area contributed by atoms with Gasteiger partial charge in [-0.2, -0.15) is 0 Å². The van der Waals surface area contributed by atoms with Crippen molar-refractivity contribution in [1.29, 1.82) is 0 Å². The highest BCUT2D eigenvalue weighted by Crippen LogP contribution is 2.12. The fraction of sp³-hybridized carbons (Fsp3) is 0.500. The molecule has 0 aliphatic heterocycles. The smallest absolute Gasteiger partial charge is 0.0657 e. The number of rotatable bonds is 6. The molecule has 1 rings (SSSR count). The second-order valence-electron chi connectivity index (χ2n) is 3.68. The van der Waals surface area contributed by atoms with E-state index in [1.165, 1.54) is 5.56 Å². The number of hydrogen-bond acceptors (Lipinski definition) is 3. The molecule has 3 nitrogen and oxygen atoms in total. The summed E-state index contributed by atoms with van der Waals surface area (Å²) in [6, 6.07) is 10.2. The number of ether oxygens (including phenoxy) is 1. The van der Waals surface area contributed by atoms with Gasteiger partial charge in [-0.1, -0.05) is 30.3 Å². The van der Waals surface area contributed by atoms with Crippen LogP contribution in [0.5, 0.6) is 0 Å². The molecule has 0 aliphatic rings. The first kappa shape index (κ1) is 12.2. The van der Waals surface area contributed by atoms with Crippen molar-refractivity contribution in [3.63, 3.8) is 0 Å². The van der Waals surface area contributed by atoms with E-state index in [1.807, 2.05) is 18.2 Å². The van der Waals surface area contributed by atoms with Crippen LogP contribution in [0.3, 0.4) is 0 Å². The summed E-state index contributed by atoms with van der Waals surface area (Å²) in [6.07, 6.45) is -0.340. The third-order valence-corrected chi connectivity index (χ3v) is 2.19. The standard InChI is InChI=1S/C12H19NO2/c1-10(14)8-13-12(9-15-2)11-6-4-3-5-7-11/h3-7,10,12-14H,8-9H2,1-2H3/t10-,12-/m0/s1. The molecule has 1 aromatic rings. The highest BCUT2D eigenvalue weighted by molar-refractivity contribution is 5.18. The van der Waals surface area contributed by atoms with E-state index in [9.17, 15) is 5.11 Å². The topological polar surface area (TPSA) is 41.5 Å². The maximum absolute atomic E-state index is 9.21. The molecule has 2 atom stereocenters. The Hall–Kier alpha value is -0.900. The minimum Gasteiger partial charge on any atom is -0.392 e. The summed E-state index contributed by atoms with van der Waals surface area (Å²) in [4.78, 5) is 0. The van der Waals surface area contributed by atoms with Crippen LogP contribution in [-0.2, 0) is 4.74 Å². The third-order valence-electron chi connectivity index (χ3n) is 2.19. The highest BCUT2D eigenvalue weighted by atomic mass is 16.5. The summed E-state index contributed by atoms with van der Waals surface area (Å²) in [7, 11) is 1.68. The molecule has 0 saturated heterocycles. The maximum atomic E-state index is 9.21. The summed E-state index contributed by atoms with van der Waals surface area (Å²) < 4.78 is 5.15. The van der Waals surface area contributed by atoms with Gasteiger partial charge in [0.25, 0.3) is 0 Å². The van der Waals surface area contributed by atoms with Crippen LogP contribution in [0.25, 0.3) is 0 Å². The van der Waals surface area contributed by atoms with E-state index in [1.54, 1.807) is 14.0 Å². The number of aliphatic hydroxyl groups excluding tert-OH is 1. The molecule has 0 aromatic heterocycles. The van der Waals surface area contributed by atoms with Crippen molar-refractivity contribution in [1.82, 2.24) is 5.32 Å². The van der Waals surface area contributed by atoms with Gasteiger partial charge in [0.1, 0.15) is 0 Å². The van der Waals surface area contributed by atoms with E-state index in [2.05, 4.69) is 17.4 Å². The van der Waals surface area contributed by atoms with E-state index >= 15 is 0 Å². The zero-order chi connectivity index (χ0) is 11.1. The summed E-state index contributed by atoms with van der Waals surface area (Å²) in [5.74, 6) is 0. The Morgan fingerprint density at radius 3 is 2.53 bits per heavy atom. The summed E-state index contributed by atoms with van der Waals surface area (Å²) in [5, 5.41) is 12.5. The molecule has 3 heteroatoms. The van der Waals surface area contributed by atoms with Gasteiger partial charge in [-0.25, -0.2) is 0 Å². The first-order chi connectivity index (χ1) is 7.24. The lowest BCUT2D eigenvalue weighted by Crippen LogP contribution is -2.31. The number of methoxy groups -OCH3 is 1. The molecule has 0 heterocycles. The Morgan fingerprint density at radius 2 is 2.00 bits per heavy atom.